The second kappa shape index (κ2) is 5.71. The van der Waals surface area contributed by atoms with Gasteiger partial charge in [-0.2, -0.15) is 0 Å². The number of halogens is 1. The fourth-order valence-electron chi connectivity index (χ4n) is 2.11. The summed E-state index contributed by atoms with van der Waals surface area (Å²) in [6.45, 7) is 0. The van der Waals surface area contributed by atoms with Crippen LogP contribution in [-0.4, -0.2) is 7.11 Å². The summed E-state index contributed by atoms with van der Waals surface area (Å²) in [5.74, 6) is 7.34. The Kier molecular flexibility index (Phi) is 4.26. The van der Waals surface area contributed by atoms with Crippen molar-refractivity contribution >= 4 is 11.6 Å². The second-order valence-corrected chi connectivity index (χ2v) is 5.06. The minimum absolute atomic E-state index is 0.141. The first-order valence-corrected chi connectivity index (χ1v) is 6.42. The van der Waals surface area contributed by atoms with E-state index in [0.717, 1.165) is 23.7 Å². The molecule has 1 aliphatic carbocycles. The lowest BCUT2D eigenvalue weighted by molar-refractivity contribution is 0.392. The van der Waals surface area contributed by atoms with E-state index in [4.69, 9.17) is 22.2 Å². The lowest BCUT2D eigenvalue weighted by Gasteiger charge is -2.19. The predicted molar refractivity (Wildman–Crippen MR) is 70.0 cm³/mol. The zero-order chi connectivity index (χ0) is 12.3. The van der Waals surface area contributed by atoms with Crippen LogP contribution in [0.1, 0.15) is 37.3 Å². The van der Waals surface area contributed by atoms with Crippen molar-refractivity contribution in [2.45, 2.75) is 31.7 Å². The molecule has 17 heavy (non-hydrogen) atoms. The molecule has 3 nitrogen and oxygen atoms in total. The lowest BCUT2D eigenvalue weighted by atomic mass is 10.00. The van der Waals surface area contributed by atoms with Gasteiger partial charge in [-0.15, -0.1) is 0 Å². The Balaban J connectivity index is 2.10. The highest BCUT2D eigenvalue weighted by atomic mass is 35.5. The number of rotatable bonds is 6. The van der Waals surface area contributed by atoms with Crippen molar-refractivity contribution in [3.8, 4) is 5.75 Å². The van der Waals surface area contributed by atoms with E-state index in [-0.39, 0.29) is 6.04 Å². The first kappa shape index (κ1) is 12.7. The first-order chi connectivity index (χ1) is 8.24. The molecule has 0 saturated heterocycles. The minimum atomic E-state index is 0.141. The third kappa shape index (κ3) is 3.35. The number of nitrogens with two attached hydrogens (primary N) is 1. The van der Waals surface area contributed by atoms with E-state index < -0.39 is 0 Å². The molecule has 1 unspecified atom stereocenters. The van der Waals surface area contributed by atoms with E-state index in [1.54, 1.807) is 7.11 Å². The molecule has 2 rings (SSSR count). The maximum Gasteiger partial charge on any atom is 0.125 e. The fraction of sp³-hybridized carbons (Fsp3) is 0.538. The van der Waals surface area contributed by atoms with Crippen LogP contribution in [0.3, 0.4) is 0 Å². The molecule has 1 aromatic rings. The maximum atomic E-state index is 5.95. The quantitative estimate of drug-likeness (QED) is 0.606. The molecule has 1 saturated carbocycles. The van der Waals surface area contributed by atoms with Gasteiger partial charge in [0.05, 0.1) is 7.11 Å². The summed E-state index contributed by atoms with van der Waals surface area (Å²) >= 11 is 5.95. The Bertz CT molecular complexity index is 380. The molecule has 0 heterocycles. The van der Waals surface area contributed by atoms with E-state index >= 15 is 0 Å². The van der Waals surface area contributed by atoms with Gasteiger partial charge in [0.15, 0.2) is 0 Å². The van der Waals surface area contributed by atoms with Crippen LogP contribution < -0.4 is 16.0 Å². The van der Waals surface area contributed by atoms with Gasteiger partial charge in [0.1, 0.15) is 5.75 Å². The Morgan fingerprint density at radius 1 is 1.53 bits per heavy atom. The first-order valence-electron chi connectivity index (χ1n) is 6.04. The van der Waals surface area contributed by atoms with Crippen LogP contribution in [-0.2, 0) is 0 Å². The standard InChI is InChI=1S/C13H19ClN2O/c1-17-13-8-10(14)5-6-11(13)12(16-15)7-4-9-2-3-9/h5-6,8-9,12,16H,2-4,7,15H2,1H3. The highest BCUT2D eigenvalue weighted by Gasteiger charge is 2.23. The van der Waals surface area contributed by atoms with Crippen LogP contribution in [0, 0.1) is 5.92 Å². The average molecular weight is 255 g/mol. The molecule has 0 aromatic heterocycles. The molecule has 0 aliphatic heterocycles. The van der Waals surface area contributed by atoms with Crippen LogP contribution in [0.2, 0.25) is 5.02 Å². The molecule has 94 valence electrons. The largest absolute Gasteiger partial charge is 0.496 e. The number of benzene rings is 1. The maximum absolute atomic E-state index is 5.95. The smallest absolute Gasteiger partial charge is 0.125 e. The van der Waals surface area contributed by atoms with E-state index in [2.05, 4.69) is 5.43 Å². The molecule has 1 atom stereocenters. The number of hydrogen-bond donors (Lipinski definition) is 2. The van der Waals surface area contributed by atoms with E-state index in [1.165, 1.54) is 19.3 Å². The summed E-state index contributed by atoms with van der Waals surface area (Å²) in [6.07, 6.45) is 5.00. The van der Waals surface area contributed by atoms with Crippen molar-refractivity contribution in [1.29, 1.82) is 0 Å². The Hall–Kier alpha value is -0.770. The third-order valence-corrected chi connectivity index (χ3v) is 3.57. The Morgan fingerprint density at radius 3 is 2.88 bits per heavy atom. The summed E-state index contributed by atoms with van der Waals surface area (Å²) in [5, 5.41) is 0.684. The molecular formula is C13H19ClN2O. The van der Waals surface area contributed by atoms with Crippen molar-refractivity contribution in [1.82, 2.24) is 5.43 Å². The normalized spacial score (nSPS) is 16.9. The van der Waals surface area contributed by atoms with Gasteiger partial charge in [-0.1, -0.05) is 30.5 Å². The van der Waals surface area contributed by atoms with Gasteiger partial charge in [0, 0.05) is 16.6 Å². The van der Waals surface area contributed by atoms with Crippen molar-refractivity contribution in [2.24, 2.45) is 11.8 Å². The second-order valence-electron chi connectivity index (χ2n) is 4.63. The monoisotopic (exact) mass is 254 g/mol. The summed E-state index contributed by atoms with van der Waals surface area (Å²) in [5.41, 5.74) is 3.96. The average Bonchev–Trinajstić information content (AvgIpc) is 3.15. The summed E-state index contributed by atoms with van der Waals surface area (Å²) in [6, 6.07) is 5.83. The molecule has 0 amide bonds. The number of ether oxygens (including phenoxy) is 1. The molecular weight excluding hydrogens is 236 g/mol. The summed E-state index contributed by atoms with van der Waals surface area (Å²) in [7, 11) is 1.66. The Labute approximate surface area is 107 Å². The molecule has 0 spiro atoms. The van der Waals surface area contributed by atoms with Gasteiger partial charge in [-0.05, 0) is 30.9 Å². The minimum Gasteiger partial charge on any atom is -0.496 e. The van der Waals surface area contributed by atoms with Crippen LogP contribution in [0.5, 0.6) is 5.75 Å². The van der Waals surface area contributed by atoms with Gasteiger partial charge >= 0.3 is 0 Å². The summed E-state index contributed by atoms with van der Waals surface area (Å²) in [4.78, 5) is 0. The van der Waals surface area contributed by atoms with Crippen molar-refractivity contribution in [3.63, 3.8) is 0 Å². The lowest BCUT2D eigenvalue weighted by Crippen LogP contribution is -2.28. The number of nitrogens with one attached hydrogen (secondary N) is 1. The van der Waals surface area contributed by atoms with E-state index in [9.17, 15) is 0 Å². The van der Waals surface area contributed by atoms with Gasteiger partial charge < -0.3 is 4.74 Å². The molecule has 4 heteroatoms. The highest BCUT2D eigenvalue weighted by molar-refractivity contribution is 6.30. The fourth-order valence-corrected chi connectivity index (χ4v) is 2.27. The third-order valence-electron chi connectivity index (χ3n) is 3.33. The molecule has 1 fully saturated rings. The van der Waals surface area contributed by atoms with Gasteiger partial charge in [0.25, 0.3) is 0 Å². The predicted octanol–water partition coefficient (Wildman–Crippen LogP) is 3.04. The van der Waals surface area contributed by atoms with Crippen LogP contribution >= 0.6 is 11.6 Å². The zero-order valence-corrected chi connectivity index (χ0v) is 10.8. The highest BCUT2D eigenvalue weighted by Crippen LogP contribution is 2.37. The number of hydrogen-bond acceptors (Lipinski definition) is 3. The zero-order valence-electron chi connectivity index (χ0n) is 10.1. The van der Waals surface area contributed by atoms with Crippen molar-refractivity contribution in [2.75, 3.05) is 7.11 Å². The van der Waals surface area contributed by atoms with Gasteiger partial charge in [-0.25, -0.2) is 0 Å². The molecule has 0 radical (unpaired) electrons. The van der Waals surface area contributed by atoms with Crippen LogP contribution in [0.4, 0.5) is 0 Å². The van der Waals surface area contributed by atoms with Gasteiger partial charge in [-0.3, -0.25) is 11.3 Å². The molecule has 0 bridgehead atoms. The van der Waals surface area contributed by atoms with Crippen LogP contribution in [0.25, 0.3) is 0 Å². The Morgan fingerprint density at radius 2 is 2.29 bits per heavy atom. The van der Waals surface area contributed by atoms with Crippen molar-refractivity contribution in [3.05, 3.63) is 28.8 Å². The van der Waals surface area contributed by atoms with E-state index in [1.807, 2.05) is 18.2 Å². The SMILES string of the molecule is COc1cc(Cl)ccc1C(CCC1CC1)NN. The molecule has 3 N–H and O–H groups in total. The van der Waals surface area contributed by atoms with E-state index in [0.29, 0.717) is 5.02 Å². The van der Waals surface area contributed by atoms with Crippen molar-refractivity contribution < 1.29 is 4.74 Å². The van der Waals surface area contributed by atoms with Gasteiger partial charge in [0.2, 0.25) is 0 Å². The number of methoxy groups -OCH3 is 1. The molecule has 1 aromatic carbocycles. The molecule has 1 aliphatic rings. The van der Waals surface area contributed by atoms with Crippen LogP contribution in [0.15, 0.2) is 18.2 Å². The topological polar surface area (TPSA) is 47.3 Å². The summed E-state index contributed by atoms with van der Waals surface area (Å²) < 4.78 is 5.35. The number of hydrazine groups is 1.